The van der Waals surface area contributed by atoms with Gasteiger partial charge in [-0.1, -0.05) is 30.3 Å². The van der Waals surface area contributed by atoms with E-state index < -0.39 is 22.9 Å². The standard InChI is InChI=1S/C16H20N2O5S/c19-15-13(18(22,23)16(20)21)10-24-14(12-4-2-1-3-5-12)9-17(15)8-11-6-7-11/h1-5,11,13-14,22H,6-10H2,(H,20,21)/t13-,14-/m1/s1. The van der Waals surface area contributed by atoms with Crippen LogP contribution < -0.4 is 0 Å². The van der Waals surface area contributed by atoms with Crippen molar-refractivity contribution in [2.45, 2.75) is 24.1 Å². The van der Waals surface area contributed by atoms with E-state index in [1.54, 1.807) is 4.90 Å². The molecule has 1 aliphatic carbocycles. The minimum absolute atomic E-state index is 0.0359. The number of benzene rings is 1. The molecule has 1 aromatic rings. The molecule has 1 aliphatic heterocycles. The van der Waals surface area contributed by atoms with Gasteiger partial charge in [0.05, 0.1) is 5.75 Å². The number of hydrogen-bond acceptors (Lipinski definition) is 5. The van der Waals surface area contributed by atoms with Crippen LogP contribution in [0.25, 0.3) is 0 Å². The molecule has 1 saturated carbocycles. The first-order chi connectivity index (χ1) is 11.4. The average molecular weight is 352 g/mol. The van der Waals surface area contributed by atoms with E-state index in [-0.39, 0.29) is 11.0 Å². The Morgan fingerprint density at radius 1 is 1.33 bits per heavy atom. The van der Waals surface area contributed by atoms with E-state index in [0.717, 1.165) is 18.4 Å². The fourth-order valence-electron chi connectivity index (χ4n) is 2.86. The first-order valence-corrected chi connectivity index (χ1v) is 8.95. The summed E-state index contributed by atoms with van der Waals surface area (Å²) in [6.07, 6.45) is 0.110. The molecule has 1 heterocycles. The van der Waals surface area contributed by atoms with Crippen molar-refractivity contribution in [3.05, 3.63) is 41.1 Å². The molecule has 2 amide bonds. The SMILES string of the molecule is O=C1[C@H]([N+]([O-])(O)C(=O)O)CS[C@@H](c2ccccc2)CN1CC1CC1. The first-order valence-electron chi connectivity index (χ1n) is 7.91. The highest BCUT2D eigenvalue weighted by Crippen LogP contribution is 2.37. The lowest BCUT2D eigenvalue weighted by atomic mass is 10.1. The second-order valence-corrected chi connectivity index (χ2v) is 7.58. The van der Waals surface area contributed by atoms with E-state index in [1.807, 2.05) is 30.3 Å². The molecular weight excluding hydrogens is 332 g/mol. The fraction of sp³-hybridized carbons (Fsp3) is 0.500. The zero-order valence-electron chi connectivity index (χ0n) is 13.1. The van der Waals surface area contributed by atoms with Crippen molar-refractivity contribution in [2.75, 3.05) is 18.8 Å². The quantitative estimate of drug-likeness (QED) is 0.490. The Balaban J connectivity index is 1.86. The van der Waals surface area contributed by atoms with Gasteiger partial charge >= 0.3 is 6.09 Å². The molecule has 0 aromatic heterocycles. The molecule has 0 spiro atoms. The highest BCUT2D eigenvalue weighted by Gasteiger charge is 2.47. The molecular formula is C16H20N2O5S. The minimum atomic E-state index is -2.56. The van der Waals surface area contributed by atoms with Crippen LogP contribution in [0, 0.1) is 11.1 Å². The second-order valence-electron chi connectivity index (χ2n) is 6.34. The van der Waals surface area contributed by atoms with E-state index in [2.05, 4.69) is 0 Å². The van der Waals surface area contributed by atoms with Crippen LogP contribution in [0.3, 0.4) is 0 Å². The highest BCUT2D eigenvalue weighted by atomic mass is 32.2. The van der Waals surface area contributed by atoms with E-state index in [9.17, 15) is 20.0 Å². The normalized spacial score (nSPS) is 27.4. The summed E-state index contributed by atoms with van der Waals surface area (Å²) in [5.74, 6) is -0.204. The molecule has 8 heteroatoms. The van der Waals surface area contributed by atoms with Gasteiger partial charge in [0.25, 0.3) is 5.91 Å². The Bertz CT molecular complexity index is 620. The summed E-state index contributed by atoms with van der Waals surface area (Å²) < 4.78 is 0. The third kappa shape index (κ3) is 3.56. The number of thioether (sulfide) groups is 1. The van der Waals surface area contributed by atoms with Crippen LogP contribution >= 0.6 is 11.8 Å². The second kappa shape index (κ2) is 6.72. The molecule has 0 bridgehead atoms. The molecule has 1 saturated heterocycles. The highest BCUT2D eigenvalue weighted by molar-refractivity contribution is 7.99. The molecule has 2 aliphatic rings. The summed E-state index contributed by atoms with van der Waals surface area (Å²) in [5.41, 5.74) is 1.02. The molecule has 130 valence electrons. The van der Waals surface area contributed by atoms with Crippen LogP contribution in [0.2, 0.25) is 0 Å². The van der Waals surface area contributed by atoms with Gasteiger partial charge in [-0.15, -0.1) is 16.6 Å². The predicted molar refractivity (Wildman–Crippen MR) is 88.2 cm³/mol. The van der Waals surface area contributed by atoms with Gasteiger partial charge in [-0.2, -0.15) is 4.79 Å². The van der Waals surface area contributed by atoms with Crippen molar-refractivity contribution in [2.24, 2.45) is 5.92 Å². The number of hydroxylamine groups is 4. The summed E-state index contributed by atoms with van der Waals surface area (Å²) in [7, 11) is 0. The van der Waals surface area contributed by atoms with Gasteiger partial charge in [-0.3, -0.25) is 4.79 Å². The predicted octanol–water partition coefficient (Wildman–Crippen LogP) is 2.46. The van der Waals surface area contributed by atoms with Crippen molar-refractivity contribution in [3.8, 4) is 0 Å². The summed E-state index contributed by atoms with van der Waals surface area (Å²) in [5, 5.41) is 30.7. The summed E-state index contributed by atoms with van der Waals surface area (Å²) >= 11 is 1.34. The number of nitrogens with zero attached hydrogens (tertiary/aromatic N) is 2. The van der Waals surface area contributed by atoms with E-state index >= 15 is 0 Å². The number of carbonyl (C=O) groups excluding carboxylic acids is 1. The van der Waals surface area contributed by atoms with Crippen molar-refractivity contribution in [1.29, 1.82) is 0 Å². The van der Waals surface area contributed by atoms with Gasteiger partial charge < -0.3 is 15.2 Å². The molecule has 0 radical (unpaired) electrons. The number of carboxylic acid groups (broad SMARTS) is 1. The van der Waals surface area contributed by atoms with E-state index in [0.29, 0.717) is 19.0 Å². The van der Waals surface area contributed by atoms with Gasteiger partial charge in [0.15, 0.2) is 0 Å². The Hall–Kier alpha value is -1.61. The van der Waals surface area contributed by atoms with Crippen molar-refractivity contribution in [1.82, 2.24) is 4.90 Å². The molecule has 3 atom stereocenters. The lowest BCUT2D eigenvalue weighted by Gasteiger charge is -2.35. The van der Waals surface area contributed by atoms with Crippen LogP contribution in [0.1, 0.15) is 23.7 Å². The zero-order chi connectivity index (χ0) is 17.3. The maximum atomic E-state index is 12.7. The van der Waals surface area contributed by atoms with Gasteiger partial charge in [-0.25, -0.2) is 5.21 Å². The van der Waals surface area contributed by atoms with Crippen LogP contribution in [-0.4, -0.2) is 56.9 Å². The molecule has 2 N–H and O–H groups in total. The molecule has 3 rings (SSSR count). The number of rotatable bonds is 4. The Labute approximate surface area is 144 Å². The van der Waals surface area contributed by atoms with Crippen LogP contribution in [0.4, 0.5) is 4.79 Å². The molecule has 1 unspecified atom stereocenters. The summed E-state index contributed by atoms with van der Waals surface area (Å²) in [4.78, 5) is 22.8. The smallest absolute Gasteiger partial charge is 0.548 e. The summed E-state index contributed by atoms with van der Waals surface area (Å²) in [6.45, 7) is 0.930. The third-order valence-electron chi connectivity index (χ3n) is 4.48. The summed E-state index contributed by atoms with van der Waals surface area (Å²) in [6, 6.07) is 8.07. The van der Waals surface area contributed by atoms with Crippen molar-refractivity contribution in [3.63, 3.8) is 0 Å². The van der Waals surface area contributed by atoms with Gasteiger partial charge in [0.1, 0.15) is 0 Å². The van der Waals surface area contributed by atoms with Crippen molar-refractivity contribution >= 4 is 23.8 Å². The minimum Gasteiger partial charge on any atom is -0.588 e. The number of hydrogen-bond donors (Lipinski definition) is 2. The Morgan fingerprint density at radius 3 is 2.58 bits per heavy atom. The maximum absolute atomic E-state index is 12.7. The molecule has 24 heavy (non-hydrogen) atoms. The molecule has 2 fully saturated rings. The lowest BCUT2D eigenvalue weighted by Crippen LogP contribution is -2.59. The molecule has 1 aromatic carbocycles. The number of amides is 2. The number of carbonyl (C=O) groups is 2. The van der Waals surface area contributed by atoms with E-state index in [4.69, 9.17) is 5.11 Å². The largest absolute Gasteiger partial charge is 0.588 e. The van der Waals surface area contributed by atoms with Crippen molar-refractivity contribution < 1.29 is 24.7 Å². The van der Waals surface area contributed by atoms with Crippen LogP contribution in [0.5, 0.6) is 0 Å². The topological polar surface area (TPSA) is 101 Å². The Kier molecular flexibility index (Phi) is 4.82. The van der Waals surface area contributed by atoms with E-state index in [1.165, 1.54) is 11.8 Å². The van der Waals surface area contributed by atoms with Gasteiger partial charge in [0.2, 0.25) is 6.04 Å². The third-order valence-corrected chi connectivity index (χ3v) is 5.81. The molecule has 7 nitrogen and oxygen atoms in total. The monoisotopic (exact) mass is 352 g/mol. The van der Waals surface area contributed by atoms with Gasteiger partial charge in [0, 0.05) is 18.3 Å². The fourth-order valence-corrected chi connectivity index (χ4v) is 4.26. The van der Waals surface area contributed by atoms with Gasteiger partial charge in [-0.05, 0) is 24.3 Å². The zero-order valence-corrected chi connectivity index (χ0v) is 13.9. The lowest BCUT2D eigenvalue weighted by molar-refractivity contribution is -1.01. The van der Waals surface area contributed by atoms with Crippen LogP contribution in [-0.2, 0) is 4.79 Å². The average Bonchev–Trinajstić information content (AvgIpc) is 3.38. The Morgan fingerprint density at radius 2 is 2.00 bits per heavy atom. The first kappa shape index (κ1) is 17.2. The maximum Gasteiger partial charge on any atom is 0.548 e. The van der Waals surface area contributed by atoms with Crippen LogP contribution in [0.15, 0.2) is 30.3 Å². The number of quaternary nitrogens is 1.